The van der Waals surface area contributed by atoms with E-state index in [4.69, 9.17) is 9.97 Å². The van der Waals surface area contributed by atoms with Crippen LogP contribution in [0.4, 0.5) is 11.8 Å². The van der Waals surface area contributed by atoms with Gasteiger partial charge in [0.2, 0.25) is 5.95 Å². The fourth-order valence-corrected chi connectivity index (χ4v) is 5.08. The van der Waals surface area contributed by atoms with Crippen molar-refractivity contribution in [2.45, 2.75) is 38.3 Å². The Morgan fingerprint density at radius 3 is 2.19 bits per heavy atom. The molecule has 1 aliphatic rings. The molecule has 3 aromatic carbocycles. The van der Waals surface area contributed by atoms with Crippen LogP contribution in [0.25, 0.3) is 23.1 Å². The fraction of sp³-hybridized carbons (Fsp3) is 0.312. The lowest BCUT2D eigenvalue weighted by Gasteiger charge is -2.29. The van der Waals surface area contributed by atoms with Crippen molar-refractivity contribution in [3.8, 4) is 0 Å². The van der Waals surface area contributed by atoms with Crippen LogP contribution in [-0.2, 0) is 6.54 Å². The second-order valence-corrected chi connectivity index (χ2v) is 10.3. The molecule has 0 spiro atoms. The summed E-state index contributed by atoms with van der Waals surface area (Å²) in [5, 5.41) is 8.40. The van der Waals surface area contributed by atoms with E-state index in [1.165, 1.54) is 29.5 Å². The van der Waals surface area contributed by atoms with E-state index in [2.05, 4.69) is 88.3 Å². The van der Waals surface area contributed by atoms with Gasteiger partial charge in [-0.15, -0.1) is 0 Å². The third-order valence-corrected chi connectivity index (χ3v) is 7.20. The lowest BCUT2D eigenvalue weighted by Crippen LogP contribution is -2.31. The van der Waals surface area contributed by atoms with E-state index in [1.54, 1.807) is 0 Å². The third-order valence-electron chi connectivity index (χ3n) is 7.20. The van der Waals surface area contributed by atoms with Crippen LogP contribution in [0.5, 0.6) is 0 Å². The number of nitrogens with zero attached hydrogens (tertiary/aromatic N) is 3. The predicted molar refractivity (Wildman–Crippen MR) is 157 cm³/mol. The van der Waals surface area contributed by atoms with Gasteiger partial charge in [0.05, 0.1) is 5.52 Å². The number of aromatic nitrogens is 2. The standard InChI is InChI=1S/C32H37N5/c1-37(2)31-29-10-6-7-11-30(29)35-32(36-31)34-28-20-18-27(19-21-28)23-33-22-26-16-14-25(15-17-26)13-12-24-8-4-3-5-9-24/h3-17,27-28,33H,18-23H2,1-2H3,(H,34,35,36)/b13-12+/t27-,28+. The number of anilines is 2. The maximum Gasteiger partial charge on any atom is 0.225 e. The monoisotopic (exact) mass is 491 g/mol. The van der Waals surface area contributed by atoms with Crippen LogP contribution >= 0.6 is 0 Å². The van der Waals surface area contributed by atoms with Crippen LogP contribution < -0.4 is 15.5 Å². The van der Waals surface area contributed by atoms with Crippen molar-refractivity contribution in [2.24, 2.45) is 5.92 Å². The zero-order valence-corrected chi connectivity index (χ0v) is 21.9. The topological polar surface area (TPSA) is 53.1 Å². The fourth-order valence-electron chi connectivity index (χ4n) is 5.08. The Bertz CT molecular complexity index is 1310. The molecule has 2 N–H and O–H groups in total. The third kappa shape index (κ3) is 6.75. The first-order valence-electron chi connectivity index (χ1n) is 13.4. The van der Waals surface area contributed by atoms with Gasteiger partial charge in [0.25, 0.3) is 0 Å². The molecular formula is C32H37N5. The van der Waals surface area contributed by atoms with Gasteiger partial charge in [-0.2, -0.15) is 4.98 Å². The Morgan fingerprint density at radius 2 is 1.46 bits per heavy atom. The molecule has 37 heavy (non-hydrogen) atoms. The van der Waals surface area contributed by atoms with Crippen molar-refractivity contribution < 1.29 is 0 Å². The van der Waals surface area contributed by atoms with E-state index < -0.39 is 0 Å². The highest BCUT2D eigenvalue weighted by molar-refractivity contribution is 5.90. The number of fused-ring (bicyclic) bond motifs is 1. The molecule has 1 fully saturated rings. The normalized spacial score (nSPS) is 17.8. The van der Waals surface area contributed by atoms with Gasteiger partial charge in [-0.1, -0.05) is 78.9 Å². The zero-order chi connectivity index (χ0) is 25.5. The number of hydrogen-bond donors (Lipinski definition) is 2. The molecule has 0 aliphatic heterocycles. The summed E-state index contributed by atoms with van der Waals surface area (Å²) < 4.78 is 0. The molecule has 5 heteroatoms. The summed E-state index contributed by atoms with van der Waals surface area (Å²) in [7, 11) is 4.07. The summed E-state index contributed by atoms with van der Waals surface area (Å²) in [5.41, 5.74) is 4.77. The SMILES string of the molecule is CN(C)c1nc(N[C@H]2CC[C@@H](CNCc3ccc(/C=C/c4ccccc4)cc3)CC2)nc2ccccc12. The highest BCUT2D eigenvalue weighted by Crippen LogP contribution is 2.28. The van der Waals surface area contributed by atoms with Gasteiger partial charge in [0.15, 0.2) is 0 Å². The minimum Gasteiger partial charge on any atom is -0.362 e. The molecule has 5 nitrogen and oxygen atoms in total. The van der Waals surface area contributed by atoms with Crippen LogP contribution in [0.15, 0.2) is 78.9 Å². The molecule has 1 aliphatic carbocycles. The molecule has 190 valence electrons. The molecule has 0 radical (unpaired) electrons. The lowest BCUT2D eigenvalue weighted by molar-refractivity contribution is 0.324. The summed E-state index contributed by atoms with van der Waals surface area (Å²) in [4.78, 5) is 11.7. The maximum atomic E-state index is 4.82. The van der Waals surface area contributed by atoms with Gasteiger partial charge >= 0.3 is 0 Å². The summed E-state index contributed by atoms with van der Waals surface area (Å²) in [6.45, 7) is 1.98. The molecule has 0 bridgehead atoms. The molecule has 4 aromatic rings. The predicted octanol–water partition coefficient (Wildman–Crippen LogP) is 6.63. The van der Waals surface area contributed by atoms with Crippen LogP contribution in [0.1, 0.15) is 42.4 Å². The Hall–Kier alpha value is -3.70. The van der Waals surface area contributed by atoms with Crippen LogP contribution in [0.2, 0.25) is 0 Å². The number of rotatable bonds is 9. The molecule has 0 amide bonds. The maximum absolute atomic E-state index is 4.82. The summed E-state index contributed by atoms with van der Waals surface area (Å²) in [6.07, 6.45) is 9.09. The van der Waals surface area contributed by atoms with Gasteiger partial charge in [-0.05, 0) is 67.0 Å². The van der Waals surface area contributed by atoms with Gasteiger partial charge in [0, 0.05) is 32.1 Å². The quantitative estimate of drug-likeness (QED) is 0.258. The van der Waals surface area contributed by atoms with E-state index in [1.807, 2.05) is 32.3 Å². The molecular weight excluding hydrogens is 454 g/mol. The first-order valence-corrected chi connectivity index (χ1v) is 13.4. The zero-order valence-electron chi connectivity index (χ0n) is 21.9. The average Bonchev–Trinajstić information content (AvgIpc) is 2.93. The van der Waals surface area contributed by atoms with Crippen LogP contribution in [0, 0.1) is 5.92 Å². The Kier molecular flexibility index (Phi) is 8.11. The Balaban J connectivity index is 1.06. The molecule has 0 unspecified atom stereocenters. The largest absolute Gasteiger partial charge is 0.362 e. The van der Waals surface area contributed by atoms with Crippen LogP contribution in [-0.4, -0.2) is 36.6 Å². The minimum absolute atomic E-state index is 0.434. The molecule has 1 heterocycles. The minimum atomic E-state index is 0.434. The van der Waals surface area contributed by atoms with Crippen molar-refractivity contribution in [1.29, 1.82) is 0 Å². The van der Waals surface area contributed by atoms with E-state index in [9.17, 15) is 0 Å². The average molecular weight is 492 g/mol. The Morgan fingerprint density at radius 1 is 0.784 bits per heavy atom. The van der Waals surface area contributed by atoms with E-state index >= 15 is 0 Å². The molecule has 5 rings (SSSR count). The second-order valence-electron chi connectivity index (χ2n) is 10.3. The smallest absolute Gasteiger partial charge is 0.225 e. The van der Waals surface area contributed by atoms with Gasteiger partial charge < -0.3 is 15.5 Å². The number of hydrogen-bond acceptors (Lipinski definition) is 5. The summed E-state index contributed by atoms with van der Waals surface area (Å²) >= 11 is 0. The molecule has 1 aromatic heterocycles. The van der Waals surface area contributed by atoms with Crippen molar-refractivity contribution >= 4 is 34.8 Å². The van der Waals surface area contributed by atoms with Gasteiger partial charge in [-0.3, -0.25) is 0 Å². The molecule has 0 saturated heterocycles. The summed E-state index contributed by atoms with van der Waals surface area (Å²) in [5.74, 6) is 2.43. The number of para-hydroxylation sites is 1. The highest BCUT2D eigenvalue weighted by Gasteiger charge is 2.22. The Labute approximate surface area is 220 Å². The van der Waals surface area contributed by atoms with Crippen molar-refractivity contribution in [1.82, 2.24) is 15.3 Å². The summed E-state index contributed by atoms with van der Waals surface area (Å²) in [6, 6.07) is 27.9. The molecule has 0 atom stereocenters. The highest BCUT2D eigenvalue weighted by atomic mass is 15.2. The van der Waals surface area contributed by atoms with Crippen molar-refractivity contribution in [3.05, 3.63) is 95.6 Å². The van der Waals surface area contributed by atoms with Crippen molar-refractivity contribution in [2.75, 3.05) is 30.9 Å². The van der Waals surface area contributed by atoms with Gasteiger partial charge in [0.1, 0.15) is 5.82 Å². The number of benzene rings is 3. The first-order chi connectivity index (χ1) is 18.1. The van der Waals surface area contributed by atoms with Gasteiger partial charge in [-0.25, -0.2) is 4.98 Å². The molecule has 1 saturated carbocycles. The van der Waals surface area contributed by atoms with E-state index in [0.717, 1.165) is 54.5 Å². The van der Waals surface area contributed by atoms with E-state index in [0.29, 0.717) is 6.04 Å². The first kappa shape index (κ1) is 25.0. The van der Waals surface area contributed by atoms with Crippen molar-refractivity contribution in [3.63, 3.8) is 0 Å². The van der Waals surface area contributed by atoms with E-state index in [-0.39, 0.29) is 0 Å². The second kappa shape index (κ2) is 12.0. The number of nitrogens with one attached hydrogen (secondary N) is 2. The lowest BCUT2D eigenvalue weighted by atomic mass is 9.86. The van der Waals surface area contributed by atoms with Crippen LogP contribution in [0.3, 0.4) is 0 Å².